The Balaban J connectivity index is 2.52. The SMILES string of the molecule is CCOC(=O)C(O)C(/C(=N/S(=O)(=O)c1ccc(C(C)(C)C)cc1)OC)c1ccccc1. The zero-order valence-corrected chi connectivity index (χ0v) is 19.2. The van der Waals surface area contributed by atoms with Gasteiger partial charge in [0, 0.05) is 0 Å². The van der Waals surface area contributed by atoms with Gasteiger partial charge in [-0.1, -0.05) is 63.2 Å². The predicted molar refractivity (Wildman–Crippen MR) is 119 cm³/mol. The largest absolute Gasteiger partial charge is 0.483 e. The van der Waals surface area contributed by atoms with Crippen molar-refractivity contribution in [1.29, 1.82) is 0 Å². The molecule has 7 nitrogen and oxygen atoms in total. The number of aliphatic hydroxyl groups is 1. The Hall–Kier alpha value is -2.71. The summed E-state index contributed by atoms with van der Waals surface area (Å²) in [6.07, 6.45) is -1.69. The second-order valence-electron chi connectivity index (χ2n) is 7.97. The van der Waals surface area contributed by atoms with E-state index in [-0.39, 0.29) is 22.8 Å². The maximum atomic E-state index is 13.0. The van der Waals surface area contributed by atoms with Crippen molar-refractivity contribution in [1.82, 2.24) is 0 Å². The minimum Gasteiger partial charge on any atom is -0.483 e. The monoisotopic (exact) mass is 447 g/mol. The second kappa shape index (κ2) is 10.1. The minimum absolute atomic E-state index is 0.0208. The van der Waals surface area contributed by atoms with Crippen LogP contribution in [-0.2, 0) is 29.7 Å². The molecule has 2 atom stereocenters. The van der Waals surface area contributed by atoms with Crippen molar-refractivity contribution in [3.05, 3.63) is 65.7 Å². The molecule has 0 saturated carbocycles. The van der Waals surface area contributed by atoms with Gasteiger partial charge in [-0.05, 0) is 35.6 Å². The molecule has 2 aromatic rings. The number of nitrogens with zero attached hydrogens (tertiary/aromatic N) is 1. The van der Waals surface area contributed by atoms with E-state index in [4.69, 9.17) is 9.47 Å². The summed E-state index contributed by atoms with van der Waals surface area (Å²) in [5.74, 6) is -2.37. The molecular formula is C23H29NO6S. The lowest BCUT2D eigenvalue weighted by atomic mass is 9.87. The summed E-state index contributed by atoms with van der Waals surface area (Å²) in [5.41, 5.74) is 1.30. The van der Waals surface area contributed by atoms with Crippen molar-refractivity contribution in [3.63, 3.8) is 0 Å². The van der Waals surface area contributed by atoms with Gasteiger partial charge in [-0.25, -0.2) is 4.79 Å². The van der Waals surface area contributed by atoms with E-state index in [0.29, 0.717) is 5.56 Å². The molecule has 2 aromatic carbocycles. The van der Waals surface area contributed by atoms with Crippen molar-refractivity contribution < 1.29 is 27.8 Å². The molecule has 31 heavy (non-hydrogen) atoms. The highest BCUT2D eigenvalue weighted by atomic mass is 32.2. The highest BCUT2D eigenvalue weighted by Gasteiger charge is 2.35. The lowest BCUT2D eigenvalue weighted by Crippen LogP contribution is -2.35. The molecule has 0 bridgehead atoms. The highest BCUT2D eigenvalue weighted by Crippen LogP contribution is 2.27. The van der Waals surface area contributed by atoms with Crippen LogP contribution in [0.25, 0.3) is 0 Å². The maximum Gasteiger partial charge on any atom is 0.336 e. The average Bonchev–Trinajstić information content (AvgIpc) is 2.73. The molecule has 1 N–H and O–H groups in total. The number of ether oxygens (including phenoxy) is 2. The molecule has 0 amide bonds. The van der Waals surface area contributed by atoms with Crippen LogP contribution < -0.4 is 0 Å². The van der Waals surface area contributed by atoms with E-state index >= 15 is 0 Å². The first-order valence-corrected chi connectivity index (χ1v) is 11.3. The maximum absolute atomic E-state index is 13.0. The number of carbonyl (C=O) groups excluding carboxylic acids is 1. The first kappa shape index (κ1) is 24.6. The lowest BCUT2D eigenvalue weighted by Gasteiger charge is -2.22. The predicted octanol–water partition coefficient (Wildman–Crippen LogP) is 3.43. The minimum atomic E-state index is -4.16. The second-order valence-corrected chi connectivity index (χ2v) is 9.57. The van der Waals surface area contributed by atoms with E-state index < -0.39 is 28.0 Å². The van der Waals surface area contributed by atoms with Gasteiger partial charge < -0.3 is 14.6 Å². The van der Waals surface area contributed by atoms with Crippen molar-refractivity contribution in [2.45, 2.75) is 50.0 Å². The van der Waals surface area contributed by atoms with Crippen LogP contribution in [0.1, 0.15) is 44.7 Å². The van der Waals surface area contributed by atoms with Gasteiger partial charge in [-0.3, -0.25) is 0 Å². The summed E-state index contributed by atoms with van der Waals surface area (Å²) in [5, 5.41) is 10.6. The third kappa shape index (κ3) is 6.15. The van der Waals surface area contributed by atoms with Gasteiger partial charge in [0.25, 0.3) is 10.0 Å². The third-order valence-electron chi connectivity index (χ3n) is 4.71. The first-order valence-electron chi connectivity index (χ1n) is 9.90. The molecule has 0 radical (unpaired) electrons. The molecule has 168 valence electrons. The number of hydrogen-bond donors (Lipinski definition) is 1. The molecule has 0 fully saturated rings. The molecule has 0 aliphatic heterocycles. The summed E-state index contributed by atoms with van der Waals surface area (Å²) >= 11 is 0. The van der Waals surface area contributed by atoms with Crippen molar-refractivity contribution in [2.24, 2.45) is 4.40 Å². The number of methoxy groups -OCH3 is 1. The quantitative estimate of drug-likeness (QED) is 0.396. The molecule has 0 aromatic heterocycles. The van der Waals surface area contributed by atoms with Gasteiger partial charge in [0.2, 0.25) is 5.90 Å². The topological polar surface area (TPSA) is 102 Å². The Morgan fingerprint density at radius 1 is 1.06 bits per heavy atom. The fourth-order valence-corrected chi connectivity index (χ4v) is 4.01. The zero-order valence-electron chi connectivity index (χ0n) is 18.4. The van der Waals surface area contributed by atoms with Crippen LogP contribution in [0.2, 0.25) is 0 Å². The number of carbonyl (C=O) groups is 1. The molecule has 2 rings (SSSR count). The Morgan fingerprint density at radius 3 is 2.13 bits per heavy atom. The van der Waals surface area contributed by atoms with Crippen LogP contribution in [0.3, 0.4) is 0 Å². The van der Waals surface area contributed by atoms with E-state index in [9.17, 15) is 18.3 Å². The van der Waals surface area contributed by atoms with E-state index in [1.807, 2.05) is 20.8 Å². The number of sulfonamides is 1. The van der Waals surface area contributed by atoms with E-state index in [2.05, 4.69) is 4.40 Å². The fraction of sp³-hybridized carbons (Fsp3) is 0.391. The standard InChI is InChI=1S/C23H29NO6S/c1-6-30-22(26)20(25)19(16-10-8-7-9-11-16)21(29-5)24-31(27,28)18-14-12-17(13-15-18)23(2,3)4/h7-15,19-20,25H,6H2,1-5H3/b24-21-. The number of aliphatic hydroxyl groups excluding tert-OH is 1. The fourth-order valence-electron chi connectivity index (χ4n) is 3.00. The number of rotatable bonds is 7. The van der Waals surface area contributed by atoms with Crippen LogP contribution in [0, 0.1) is 0 Å². The van der Waals surface area contributed by atoms with Crippen LogP contribution in [0.4, 0.5) is 0 Å². The zero-order chi connectivity index (χ0) is 23.2. The lowest BCUT2D eigenvalue weighted by molar-refractivity contribution is -0.153. The number of esters is 1. The molecular weight excluding hydrogens is 418 g/mol. The number of benzene rings is 2. The number of hydrogen-bond acceptors (Lipinski definition) is 6. The van der Waals surface area contributed by atoms with Crippen LogP contribution in [-0.4, -0.2) is 45.2 Å². The Bertz CT molecular complexity index is 1010. The molecule has 0 aliphatic rings. The van der Waals surface area contributed by atoms with Gasteiger partial charge in [0.05, 0.1) is 24.5 Å². The van der Waals surface area contributed by atoms with Crippen molar-refractivity contribution in [2.75, 3.05) is 13.7 Å². The van der Waals surface area contributed by atoms with Crippen molar-refractivity contribution >= 4 is 21.9 Å². The third-order valence-corrected chi connectivity index (χ3v) is 5.99. The van der Waals surface area contributed by atoms with Crippen LogP contribution in [0.15, 0.2) is 63.9 Å². The van der Waals surface area contributed by atoms with Crippen LogP contribution in [0.5, 0.6) is 0 Å². The summed E-state index contributed by atoms with van der Waals surface area (Å²) in [4.78, 5) is 12.2. The van der Waals surface area contributed by atoms with Crippen LogP contribution >= 0.6 is 0 Å². The molecule has 0 saturated heterocycles. The normalized spacial score (nSPS) is 14.6. The molecule has 2 unspecified atom stereocenters. The van der Waals surface area contributed by atoms with Crippen molar-refractivity contribution in [3.8, 4) is 0 Å². The summed E-state index contributed by atoms with van der Waals surface area (Å²) < 4.78 is 39.9. The first-order chi connectivity index (χ1) is 14.5. The summed E-state index contributed by atoms with van der Waals surface area (Å²) in [7, 11) is -2.92. The van der Waals surface area contributed by atoms with Gasteiger partial charge in [-0.2, -0.15) is 8.42 Å². The smallest absolute Gasteiger partial charge is 0.336 e. The Labute approximate surface area is 183 Å². The van der Waals surface area contributed by atoms with Gasteiger partial charge in [0.15, 0.2) is 6.10 Å². The summed E-state index contributed by atoms with van der Waals surface area (Å²) in [6, 6.07) is 14.9. The molecule has 0 heterocycles. The van der Waals surface area contributed by atoms with Gasteiger partial charge >= 0.3 is 5.97 Å². The summed E-state index contributed by atoms with van der Waals surface area (Å²) in [6.45, 7) is 7.76. The van der Waals surface area contributed by atoms with E-state index in [1.165, 1.54) is 19.2 Å². The molecule has 0 aliphatic carbocycles. The Kier molecular flexibility index (Phi) is 7.97. The van der Waals surface area contributed by atoms with Gasteiger partial charge in [-0.15, -0.1) is 4.40 Å². The van der Waals surface area contributed by atoms with E-state index in [0.717, 1.165) is 5.56 Å². The Morgan fingerprint density at radius 2 is 1.65 bits per heavy atom. The van der Waals surface area contributed by atoms with E-state index in [1.54, 1.807) is 49.4 Å². The molecule has 8 heteroatoms. The highest BCUT2D eigenvalue weighted by molar-refractivity contribution is 7.90. The van der Waals surface area contributed by atoms with Gasteiger partial charge in [0.1, 0.15) is 0 Å². The average molecular weight is 448 g/mol. The molecule has 0 spiro atoms.